The summed E-state index contributed by atoms with van der Waals surface area (Å²) >= 11 is 3.64. The fourth-order valence-corrected chi connectivity index (χ4v) is 3.39. The summed E-state index contributed by atoms with van der Waals surface area (Å²) in [6, 6.07) is 0. The minimum absolute atomic E-state index is 0.814. The van der Waals surface area contributed by atoms with E-state index >= 15 is 0 Å². The second-order valence-corrected chi connectivity index (χ2v) is 6.76. The lowest BCUT2D eigenvalue weighted by Crippen LogP contribution is -2.33. The van der Waals surface area contributed by atoms with Crippen LogP contribution >= 0.6 is 23.1 Å². The van der Waals surface area contributed by atoms with Gasteiger partial charge in [0.05, 0.1) is 10.9 Å². The SMILES string of the molecule is Cc1[nH+]c(C#Cc2cnc(N3CCSCC3)nc2)cs1. The van der Waals surface area contributed by atoms with Gasteiger partial charge in [0.1, 0.15) is 0 Å². The maximum Gasteiger partial charge on any atom is 0.266 e. The molecular weight excluding hydrogens is 288 g/mol. The van der Waals surface area contributed by atoms with Gasteiger partial charge in [0.15, 0.2) is 0 Å². The molecular formula is C14H15N4S2+. The molecule has 1 fully saturated rings. The molecule has 0 radical (unpaired) electrons. The van der Waals surface area contributed by atoms with Crippen molar-refractivity contribution >= 4 is 29.0 Å². The van der Waals surface area contributed by atoms with Crippen LogP contribution in [0.3, 0.4) is 0 Å². The van der Waals surface area contributed by atoms with E-state index < -0.39 is 0 Å². The van der Waals surface area contributed by atoms with E-state index in [9.17, 15) is 0 Å². The zero-order valence-corrected chi connectivity index (χ0v) is 12.9. The van der Waals surface area contributed by atoms with E-state index in [0.717, 1.165) is 46.8 Å². The van der Waals surface area contributed by atoms with Crippen molar-refractivity contribution in [1.82, 2.24) is 9.97 Å². The molecule has 2 aromatic heterocycles. The summed E-state index contributed by atoms with van der Waals surface area (Å²) in [5.74, 6) is 9.29. The minimum Gasteiger partial charge on any atom is -0.339 e. The van der Waals surface area contributed by atoms with Gasteiger partial charge < -0.3 is 4.90 Å². The number of H-pyrrole nitrogens is 1. The van der Waals surface area contributed by atoms with Gasteiger partial charge in [-0.15, -0.1) is 0 Å². The summed E-state index contributed by atoms with van der Waals surface area (Å²) in [4.78, 5) is 14.3. The van der Waals surface area contributed by atoms with Crippen molar-refractivity contribution in [3.8, 4) is 11.8 Å². The van der Waals surface area contributed by atoms with Gasteiger partial charge in [0, 0.05) is 49.8 Å². The van der Waals surface area contributed by atoms with Crippen molar-refractivity contribution in [2.75, 3.05) is 29.5 Å². The molecule has 1 saturated heterocycles. The first-order chi connectivity index (χ1) is 9.81. The highest BCUT2D eigenvalue weighted by Crippen LogP contribution is 2.14. The summed E-state index contributed by atoms with van der Waals surface area (Å²) < 4.78 is 0. The van der Waals surface area contributed by atoms with Crippen LogP contribution in [-0.4, -0.2) is 34.6 Å². The lowest BCUT2D eigenvalue weighted by Gasteiger charge is -2.25. The molecule has 0 saturated carbocycles. The molecule has 0 spiro atoms. The number of rotatable bonds is 1. The van der Waals surface area contributed by atoms with Crippen LogP contribution in [0.5, 0.6) is 0 Å². The molecule has 0 unspecified atom stereocenters. The fourth-order valence-electron chi connectivity index (χ4n) is 1.91. The van der Waals surface area contributed by atoms with Crippen LogP contribution in [0.2, 0.25) is 0 Å². The Balaban J connectivity index is 1.71. The maximum atomic E-state index is 4.42. The summed E-state index contributed by atoms with van der Waals surface area (Å²) in [7, 11) is 0. The molecule has 0 atom stereocenters. The predicted molar refractivity (Wildman–Crippen MR) is 83.2 cm³/mol. The first-order valence-corrected chi connectivity index (χ1v) is 8.49. The topological polar surface area (TPSA) is 43.2 Å². The lowest BCUT2D eigenvalue weighted by atomic mass is 10.3. The Morgan fingerprint density at radius 1 is 1.20 bits per heavy atom. The first kappa shape index (κ1) is 13.4. The second-order valence-electron chi connectivity index (χ2n) is 4.45. The van der Waals surface area contributed by atoms with Gasteiger partial charge in [-0.25, -0.2) is 9.97 Å². The molecule has 2 aromatic rings. The summed E-state index contributed by atoms with van der Waals surface area (Å²) in [5.41, 5.74) is 1.78. The molecule has 0 aliphatic carbocycles. The number of hydrogen-bond donors (Lipinski definition) is 0. The largest absolute Gasteiger partial charge is 0.339 e. The zero-order chi connectivity index (χ0) is 13.8. The molecule has 4 nitrogen and oxygen atoms in total. The average Bonchev–Trinajstić information content (AvgIpc) is 2.92. The van der Waals surface area contributed by atoms with Crippen molar-refractivity contribution in [2.45, 2.75) is 6.92 Å². The van der Waals surface area contributed by atoms with Crippen LogP contribution in [-0.2, 0) is 0 Å². The molecule has 0 amide bonds. The molecule has 3 heterocycles. The van der Waals surface area contributed by atoms with Gasteiger partial charge in [0.25, 0.3) is 5.69 Å². The number of aromatic amines is 1. The highest BCUT2D eigenvalue weighted by atomic mass is 32.2. The average molecular weight is 303 g/mol. The summed E-state index contributed by atoms with van der Waals surface area (Å²) in [5, 5.41) is 3.17. The van der Waals surface area contributed by atoms with Gasteiger partial charge in [-0.2, -0.15) is 16.7 Å². The number of thiazole rings is 1. The Bertz CT molecular complexity index is 633. The molecule has 20 heavy (non-hydrogen) atoms. The van der Waals surface area contributed by atoms with Crippen LogP contribution in [0, 0.1) is 18.8 Å². The smallest absolute Gasteiger partial charge is 0.266 e. The Kier molecular flexibility index (Phi) is 4.19. The zero-order valence-electron chi connectivity index (χ0n) is 11.2. The van der Waals surface area contributed by atoms with E-state index in [1.54, 1.807) is 23.7 Å². The van der Waals surface area contributed by atoms with Crippen LogP contribution in [0.1, 0.15) is 16.3 Å². The molecule has 0 aromatic carbocycles. The Morgan fingerprint density at radius 3 is 2.60 bits per heavy atom. The third-order valence-electron chi connectivity index (χ3n) is 2.94. The molecule has 1 N–H and O–H groups in total. The van der Waals surface area contributed by atoms with E-state index in [0.29, 0.717) is 0 Å². The van der Waals surface area contributed by atoms with Gasteiger partial charge in [-0.1, -0.05) is 17.3 Å². The monoisotopic (exact) mass is 303 g/mol. The third-order valence-corrected chi connectivity index (χ3v) is 4.69. The fraction of sp³-hybridized carbons (Fsp3) is 0.357. The van der Waals surface area contributed by atoms with Gasteiger partial charge in [0.2, 0.25) is 11.0 Å². The van der Waals surface area contributed by atoms with E-state index in [-0.39, 0.29) is 0 Å². The normalized spacial score (nSPS) is 14.8. The van der Waals surface area contributed by atoms with Crippen LogP contribution in [0.25, 0.3) is 0 Å². The molecule has 3 rings (SSSR count). The standard InChI is InChI=1S/C14H14N4S2/c1-11-17-13(10-20-11)3-2-12-8-15-14(16-9-12)18-4-6-19-7-5-18/h8-10H,4-7H2,1H3/p+1. The van der Waals surface area contributed by atoms with Crippen LogP contribution in [0.15, 0.2) is 17.8 Å². The van der Waals surface area contributed by atoms with Crippen molar-refractivity contribution in [1.29, 1.82) is 0 Å². The Hall–Kier alpha value is -1.58. The molecule has 1 aliphatic rings. The highest BCUT2D eigenvalue weighted by Gasteiger charge is 2.12. The maximum absolute atomic E-state index is 4.42. The number of hydrogen-bond acceptors (Lipinski definition) is 5. The quantitative estimate of drug-likeness (QED) is 0.751. The Morgan fingerprint density at radius 2 is 1.95 bits per heavy atom. The number of aromatic nitrogens is 3. The van der Waals surface area contributed by atoms with Gasteiger partial charge in [-0.3, -0.25) is 0 Å². The van der Waals surface area contributed by atoms with E-state index in [4.69, 9.17) is 0 Å². The van der Waals surface area contributed by atoms with E-state index in [2.05, 4.69) is 31.7 Å². The van der Waals surface area contributed by atoms with Crippen molar-refractivity contribution in [2.24, 2.45) is 0 Å². The second kappa shape index (κ2) is 6.25. The molecule has 1 aliphatic heterocycles. The summed E-state index contributed by atoms with van der Waals surface area (Å²) in [6.45, 7) is 4.09. The minimum atomic E-state index is 0.814. The highest BCUT2D eigenvalue weighted by molar-refractivity contribution is 7.99. The Labute approximate surface area is 126 Å². The van der Waals surface area contributed by atoms with Crippen molar-refractivity contribution in [3.63, 3.8) is 0 Å². The predicted octanol–water partition coefficient (Wildman–Crippen LogP) is 1.61. The van der Waals surface area contributed by atoms with Crippen molar-refractivity contribution in [3.05, 3.63) is 34.0 Å². The van der Waals surface area contributed by atoms with Gasteiger partial charge in [-0.05, 0) is 0 Å². The number of aryl methyl sites for hydroxylation is 1. The third kappa shape index (κ3) is 3.30. The molecule has 102 valence electrons. The van der Waals surface area contributed by atoms with Gasteiger partial charge >= 0.3 is 0 Å². The number of nitrogens with zero attached hydrogens (tertiary/aromatic N) is 3. The van der Waals surface area contributed by atoms with Crippen LogP contribution in [0.4, 0.5) is 5.95 Å². The molecule has 0 bridgehead atoms. The first-order valence-electron chi connectivity index (χ1n) is 6.45. The van der Waals surface area contributed by atoms with E-state index in [1.807, 2.05) is 24.1 Å². The molecule has 6 heteroatoms. The lowest BCUT2D eigenvalue weighted by molar-refractivity contribution is -0.383. The van der Waals surface area contributed by atoms with E-state index in [1.165, 1.54) is 0 Å². The number of anilines is 1. The summed E-state index contributed by atoms with van der Waals surface area (Å²) in [6.07, 6.45) is 3.60. The van der Waals surface area contributed by atoms with Crippen molar-refractivity contribution < 1.29 is 4.98 Å². The number of nitrogens with one attached hydrogen (secondary N) is 1. The van der Waals surface area contributed by atoms with Crippen LogP contribution < -0.4 is 9.88 Å². The number of thioether (sulfide) groups is 1.